The molecular formula is C19H36N4O5S3. The van der Waals surface area contributed by atoms with Crippen LogP contribution in [0.4, 0.5) is 0 Å². The van der Waals surface area contributed by atoms with Gasteiger partial charge >= 0.3 is 5.97 Å². The Morgan fingerprint density at radius 1 is 0.935 bits per heavy atom. The van der Waals surface area contributed by atoms with Crippen LogP contribution < -0.4 is 21.7 Å². The van der Waals surface area contributed by atoms with E-state index < -0.39 is 47.9 Å². The Hall–Kier alpha value is -1.11. The normalized spacial score (nSPS) is 15.8. The van der Waals surface area contributed by atoms with E-state index >= 15 is 0 Å². The van der Waals surface area contributed by atoms with Gasteiger partial charge in [0.2, 0.25) is 17.7 Å². The number of hydrogen-bond donors (Lipinski definition) is 6. The molecule has 12 heteroatoms. The summed E-state index contributed by atoms with van der Waals surface area (Å²) in [6.45, 7) is 3.58. The summed E-state index contributed by atoms with van der Waals surface area (Å²) in [5.74, 6) is -1.62. The van der Waals surface area contributed by atoms with Crippen LogP contribution in [0.2, 0.25) is 0 Å². The molecule has 180 valence electrons. The van der Waals surface area contributed by atoms with Crippen LogP contribution in [0, 0.1) is 5.92 Å². The van der Waals surface area contributed by atoms with E-state index in [0.717, 1.165) is 0 Å². The second-order valence-corrected chi connectivity index (χ2v) is 9.52. The monoisotopic (exact) mass is 496 g/mol. The minimum atomic E-state index is -1.12. The van der Waals surface area contributed by atoms with Crippen LogP contribution in [0.15, 0.2) is 0 Å². The van der Waals surface area contributed by atoms with Gasteiger partial charge in [0, 0.05) is 5.75 Å². The van der Waals surface area contributed by atoms with Crippen LogP contribution in [0.1, 0.15) is 33.1 Å². The van der Waals surface area contributed by atoms with Crippen LogP contribution in [-0.4, -0.2) is 82.7 Å². The van der Waals surface area contributed by atoms with E-state index in [1.54, 1.807) is 6.92 Å². The van der Waals surface area contributed by atoms with Crippen molar-refractivity contribution in [1.82, 2.24) is 16.0 Å². The first-order valence-electron chi connectivity index (χ1n) is 10.1. The van der Waals surface area contributed by atoms with Crippen LogP contribution in [0.5, 0.6) is 0 Å². The van der Waals surface area contributed by atoms with Gasteiger partial charge in [-0.15, -0.1) is 0 Å². The van der Waals surface area contributed by atoms with Crippen LogP contribution in [0.25, 0.3) is 0 Å². The van der Waals surface area contributed by atoms with E-state index in [1.165, 1.54) is 23.5 Å². The lowest BCUT2D eigenvalue weighted by atomic mass is 9.98. The molecule has 0 saturated carbocycles. The maximum atomic E-state index is 12.9. The molecule has 0 aliphatic heterocycles. The van der Waals surface area contributed by atoms with Crippen LogP contribution in [-0.2, 0) is 19.2 Å². The lowest BCUT2D eigenvalue weighted by Crippen LogP contribution is -2.58. The molecule has 0 aromatic heterocycles. The molecular weight excluding hydrogens is 460 g/mol. The van der Waals surface area contributed by atoms with Gasteiger partial charge in [0.25, 0.3) is 0 Å². The fourth-order valence-electron chi connectivity index (χ4n) is 2.58. The fraction of sp³-hybridized carbons (Fsp3) is 0.789. The van der Waals surface area contributed by atoms with Gasteiger partial charge in [0.15, 0.2) is 0 Å². The Kier molecular flexibility index (Phi) is 15.9. The molecule has 0 saturated heterocycles. The first-order valence-corrected chi connectivity index (χ1v) is 13.5. The predicted octanol–water partition coefficient (Wildman–Crippen LogP) is 0.335. The molecule has 6 N–H and O–H groups in total. The molecule has 0 aliphatic carbocycles. The number of nitrogens with one attached hydrogen (secondary N) is 3. The van der Waals surface area contributed by atoms with E-state index in [1.807, 2.05) is 19.4 Å². The first kappa shape index (κ1) is 29.9. The van der Waals surface area contributed by atoms with Gasteiger partial charge in [-0.25, -0.2) is 4.79 Å². The highest BCUT2D eigenvalue weighted by Crippen LogP contribution is 2.10. The second kappa shape index (κ2) is 16.5. The largest absolute Gasteiger partial charge is 0.480 e. The van der Waals surface area contributed by atoms with E-state index in [2.05, 4.69) is 28.6 Å². The summed E-state index contributed by atoms with van der Waals surface area (Å²) < 4.78 is 0. The molecule has 0 rings (SSSR count). The fourth-order valence-corrected chi connectivity index (χ4v) is 3.69. The predicted molar refractivity (Wildman–Crippen MR) is 131 cm³/mol. The van der Waals surface area contributed by atoms with E-state index in [4.69, 9.17) is 5.73 Å². The molecule has 0 aromatic carbocycles. The Morgan fingerprint density at radius 3 is 1.77 bits per heavy atom. The zero-order valence-corrected chi connectivity index (χ0v) is 21.1. The number of carboxylic acid groups (broad SMARTS) is 1. The molecule has 5 atom stereocenters. The summed E-state index contributed by atoms with van der Waals surface area (Å²) in [6.07, 6.45) is 5.01. The number of thioether (sulfide) groups is 2. The Bertz CT molecular complexity index is 597. The highest BCUT2D eigenvalue weighted by Gasteiger charge is 2.31. The second-order valence-electron chi connectivity index (χ2n) is 7.18. The highest BCUT2D eigenvalue weighted by atomic mass is 32.2. The number of carboxylic acids is 1. The summed E-state index contributed by atoms with van der Waals surface area (Å²) in [4.78, 5) is 49.4. The van der Waals surface area contributed by atoms with Crippen molar-refractivity contribution in [2.75, 3.05) is 29.8 Å². The number of hydrogen-bond acceptors (Lipinski definition) is 8. The minimum absolute atomic E-state index is 0.133. The Balaban J connectivity index is 5.41. The number of thiol groups is 1. The van der Waals surface area contributed by atoms with Crippen molar-refractivity contribution in [3.63, 3.8) is 0 Å². The highest BCUT2D eigenvalue weighted by molar-refractivity contribution is 7.98. The van der Waals surface area contributed by atoms with E-state index in [0.29, 0.717) is 30.8 Å². The zero-order valence-electron chi connectivity index (χ0n) is 18.6. The van der Waals surface area contributed by atoms with Gasteiger partial charge in [-0.05, 0) is 42.8 Å². The maximum Gasteiger partial charge on any atom is 0.326 e. The summed E-state index contributed by atoms with van der Waals surface area (Å²) in [6, 6.07) is -3.68. The molecule has 31 heavy (non-hydrogen) atoms. The topological polar surface area (TPSA) is 151 Å². The number of amides is 3. The summed E-state index contributed by atoms with van der Waals surface area (Å²) in [7, 11) is 0. The van der Waals surface area contributed by atoms with Crippen molar-refractivity contribution < 1.29 is 24.3 Å². The Morgan fingerprint density at radius 2 is 1.39 bits per heavy atom. The summed E-state index contributed by atoms with van der Waals surface area (Å²) in [5.41, 5.74) is 5.69. The third-order valence-corrected chi connectivity index (χ3v) is 6.48. The van der Waals surface area contributed by atoms with Crippen molar-refractivity contribution >= 4 is 59.8 Å². The molecule has 0 radical (unpaired) electrons. The van der Waals surface area contributed by atoms with Gasteiger partial charge in [0.1, 0.15) is 18.1 Å². The Labute approximate surface area is 198 Å². The van der Waals surface area contributed by atoms with Crippen LogP contribution in [0.3, 0.4) is 0 Å². The third kappa shape index (κ3) is 11.4. The van der Waals surface area contributed by atoms with Crippen molar-refractivity contribution in [3.8, 4) is 0 Å². The average Bonchev–Trinajstić information content (AvgIpc) is 2.75. The number of carbonyl (C=O) groups excluding carboxylic acids is 3. The van der Waals surface area contributed by atoms with Gasteiger partial charge in [0.05, 0.1) is 6.04 Å². The molecule has 0 aromatic rings. The molecule has 9 nitrogen and oxygen atoms in total. The summed E-state index contributed by atoms with van der Waals surface area (Å²) >= 11 is 7.02. The summed E-state index contributed by atoms with van der Waals surface area (Å²) in [5, 5.41) is 17.3. The van der Waals surface area contributed by atoms with Crippen molar-refractivity contribution in [2.45, 2.75) is 57.3 Å². The van der Waals surface area contributed by atoms with Crippen molar-refractivity contribution in [3.05, 3.63) is 0 Å². The van der Waals surface area contributed by atoms with E-state index in [-0.39, 0.29) is 11.7 Å². The quantitative estimate of drug-likeness (QED) is 0.167. The standard InChI is InChI=1S/C19H36N4O5S3/c1-5-11(2)15(19(27)28)23-18(26)14(7-9-31-4)22-17(25)13(6-8-30-3)21-16(24)12(20)10-29/h11-15,29H,5-10,20H2,1-4H3,(H,21,24)(H,22,25)(H,23,26)(H,27,28). The van der Waals surface area contributed by atoms with Gasteiger partial charge < -0.3 is 26.8 Å². The van der Waals surface area contributed by atoms with Crippen molar-refractivity contribution in [2.24, 2.45) is 11.7 Å². The number of rotatable bonds is 16. The number of nitrogens with two attached hydrogens (primary N) is 1. The van der Waals surface area contributed by atoms with Gasteiger partial charge in [-0.2, -0.15) is 36.2 Å². The molecule has 0 fully saturated rings. The smallest absolute Gasteiger partial charge is 0.326 e. The molecule has 3 amide bonds. The zero-order chi connectivity index (χ0) is 24.0. The molecule has 5 unspecified atom stereocenters. The third-order valence-electron chi connectivity index (χ3n) is 4.80. The SMILES string of the molecule is CCC(C)C(NC(=O)C(CCSC)NC(=O)C(CCSC)NC(=O)C(N)CS)C(=O)O. The molecule has 0 bridgehead atoms. The average molecular weight is 497 g/mol. The molecule has 0 aliphatic rings. The number of carbonyl (C=O) groups is 4. The van der Waals surface area contributed by atoms with Crippen molar-refractivity contribution in [1.29, 1.82) is 0 Å². The molecule has 0 spiro atoms. The first-order chi connectivity index (χ1) is 14.6. The lowest BCUT2D eigenvalue weighted by molar-refractivity contribution is -0.143. The van der Waals surface area contributed by atoms with Crippen LogP contribution >= 0.6 is 36.2 Å². The number of aliphatic carboxylic acids is 1. The molecule has 0 heterocycles. The van der Waals surface area contributed by atoms with E-state index in [9.17, 15) is 24.3 Å². The maximum absolute atomic E-state index is 12.9. The minimum Gasteiger partial charge on any atom is -0.480 e. The van der Waals surface area contributed by atoms with Gasteiger partial charge in [-0.3, -0.25) is 14.4 Å². The van der Waals surface area contributed by atoms with Gasteiger partial charge in [-0.1, -0.05) is 20.3 Å². The lowest BCUT2D eigenvalue weighted by Gasteiger charge is -2.26.